The first-order valence-electron chi connectivity index (χ1n) is 7.20. The molecule has 0 spiro atoms. The second-order valence-corrected chi connectivity index (χ2v) is 6.06. The third-order valence-electron chi connectivity index (χ3n) is 3.70. The van der Waals surface area contributed by atoms with Crippen molar-refractivity contribution in [3.8, 4) is 0 Å². The second kappa shape index (κ2) is 7.71. The summed E-state index contributed by atoms with van der Waals surface area (Å²) in [5.41, 5.74) is 1.10. The van der Waals surface area contributed by atoms with E-state index in [0.717, 1.165) is 43.1 Å². The number of piperidine rings is 1. The van der Waals surface area contributed by atoms with Crippen molar-refractivity contribution >= 4 is 17.2 Å². The maximum absolute atomic E-state index is 11.9. The third kappa shape index (κ3) is 4.54. The van der Waals surface area contributed by atoms with Gasteiger partial charge in [0.05, 0.1) is 19.3 Å². The predicted octanol–water partition coefficient (Wildman–Crippen LogP) is 1.99. The molecule has 0 unspecified atom stereocenters. The molecule has 0 aliphatic carbocycles. The van der Waals surface area contributed by atoms with E-state index in [9.17, 15) is 4.79 Å². The van der Waals surface area contributed by atoms with Crippen molar-refractivity contribution in [1.82, 2.24) is 15.4 Å². The number of hydroxylamine groups is 2. The highest BCUT2D eigenvalue weighted by atomic mass is 32.1. The number of amides is 1. The van der Waals surface area contributed by atoms with Crippen LogP contribution in [0.2, 0.25) is 0 Å². The lowest BCUT2D eigenvalue weighted by atomic mass is 9.94. The van der Waals surface area contributed by atoms with E-state index in [1.165, 1.54) is 0 Å². The summed E-state index contributed by atoms with van der Waals surface area (Å²) < 4.78 is 0. The smallest absolute Gasteiger partial charge is 0.220 e. The second-order valence-electron chi connectivity index (χ2n) is 5.12. The van der Waals surface area contributed by atoms with Crippen LogP contribution >= 0.6 is 11.3 Å². The van der Waals surface area contributed by atoms with Crippen molar-refractivity contribution in [1.29, 1.82) is 0 Å². The Balaban J connectivity index is 1.68. The van der Waals surface area contributed by atoms with Crippen molar-refractivity contribution in [2.24, 2.45) is 5.92 Å². The minimum absolute atomic E-state index is 0.133. The largest absolute Gasteiger partial charge is 0.350 e. The molecule has 6 heteroatoms. The van der Waals surface area contributed by atoms with Gasteiger partial charge >= 0.3 is 0 Å². The summed E-state index contributed by atoms with van der Waals surface area (Å²) in [6, 6.07) is 0. The summed E-state index contributed by atoms with van der Waals surface area (Å²) in [7, 11) is 1.70. The Kier molecular flexibility index (Phi) is 5.94. The number of carbonyl (C=O) groups is 1. The van der Waals surface area contributed by atoms with Crippen LogP contribution in [-0.4, -0.2) is 36.2 Å². The molecule has 1 N–H and O–H groups in total. The molecule has 1 aliphatic rings. The van der Waals surface area contributed by atoms with E-state index < -0.39 is 0 Å². The number of rotatable bonds is 6. The molecule has 1 amide bonds. The fourth-order valence-electron chi connectivity index (χ4n) is 2.40. The summed E-state index contributed by atoms with van der Waals surface area (Å²) in [4.78, 5) is 21.6. The molecule has 0 radical (unpaired) electrons. The van der Waals surface area contributed by atoms with Crippen LogP contribution in [0.3, 0.4) is 0 Å². The van der Waals surface area contributed by atoms with Gasteiger partial charge in [-0.3, -0.25) is 4.79 Å². The van der Waals surface area contributed by atoms with E-state index in [1.807, 2.05) is 5.06 Å². The summed E-state index contributed by atoms with van der Waals surface area (Å²) in [5.74, 6) is 0.609. The molecule has 1 fully saturated rings. The van der Waals surface area contributed by atoms with E-state index in [4.69, 9.17) is 4.84 Å². The average molecular weight is 297 g/mol. The lowest BCUT2D eigenvalue weighted by molar-refractivity contribution is -0.149. The Hall–Kier alpha value is -0.980. The maximum atomic E-state index is 11.9. The van der Waals surface area contributed by atoms with Crippen LogP contribution in [0, 0.1) is 5.92 Å². The number of aryl methyl sites for hydroxylation is 1. The molecule has 2 heterocycles. The highest BCUT2D eigenvalue weighted by molar-refractivity contribution is 7.09. The van der Waals surface area contributed by atoms with Crippen LogP contribution < -0.4 is 5.32 Å². The molecule has 20 heavy (non-hydrogen) atoms. The molecule has 0 saturated carbocycles. The van der Waals surface area contributed by atoms with Gasteiger partial charge in [0.1, 0.15) is 5.01 Å². The van der Waals surface area contributed by atoms with Gasteiger partial charge in [0.25, 0.3) is 0 Å². The molecule has 1 aliphatic heterocycles. The SMILES string of the molecule is CCc1csc(CNC(=O)CC2CCN(OC)CC2)n1. The van der Waals surface area contributed by atoms with Crippen molar-refractivity contribution in [2.75, 3.05) is 20.2 Å². The first-order valence-corrected chi connectivity index (χ1v) is 8.08. The Labute approximate surface area is 124 Å². The van der Waals surface area contributed by atoms with Gasteiger partial charge in [-0.15, -0.1) is 11.3 Å². The minimum Gasteiger partial charge on any atom is -0.350 e. The Morgan fingerprint density at radius 2 is 2.30 bits per heavy atom. The van der Waals surface area contributed by atoms with Crippen LogP contribution in [0.1, 0.15) is 36.9 Å². The van der Waals surface area contributed by atoms with Gasteiger partial charge < -0.3 is 10.2 Å². The zero-order chi connectivity index (χ0) is 14.4. The predicted molar refractivity (Wildman–Crippen MR) is 79.3 cm³/mol. The van der Waals surface area contributed by atoms with Crippen LogP contribution in [0.4, 0.5) is 0 Å². The molecule has 0 atom stereocenters. The van der Waals surface area contributed by atoms with E-state index in [-0.39, 0.29) is 5.91 Å². The van der Waals surface area contributed by atoms with Gasteiger partial charge in [-0.05, 0) is 25.2 Å². The fraction of sp³-hybridized carbons (Fsp3) is 0.714. The number of aromatic nitrogens is 1. The number of hydrogen-bond acceptors (Lipinski definition) is 5. The van der Waals surface area contributed by atoms with Crippen LogP contribution in [0.15, 0.2) is 5.38 Å². The Morgan fingerprint density at radius 3 is 2.90 bits per heavy atom. The van der Waals surface area contributed by atoms with E-state index >= 15 is 0 Å². The Morgan fingerprint density at radius 1 is 1.55 bits per heavy atom. The van der Waals surface area contributed by atoms with Crippen molar-refractivity contribution < 1.29 is 9.63 Å². The first-order chi connectivity index (χ1) is 9.71. The van der Waals surface area contributed by atoms with Crippen LogP contribution in [0.5, 0.6) is 0 Å². The number of nitrogens with one attached hydrogen (secondary N) is 1. The quantitative estimate of drug-likeness (QED) is 0.872. The summed E-state index contributed by atoms with van der Waals surface area (Å²) in [6.45, 7) is 4.48. The highest BCUT2D eigenvalue weighted by Gasteiger charge is 2.21. The topological polar surface area (TPSA) is 54.5 Å². The number of nitrogens with zero attached hydrogens (tertiary/aromatic N) is 2. The van der Waals surface area contributed by atoms with E-state index in [2.05, 4.69) is 22.6 Å². The molecule has 0 bridgehead atoms. The highest BCUT2D eigenvalue weighted by Crippen LogP contribution is 2.20. The van der Waals surface area contributed by atoms with Gasteiger partial charge in [-0.1, -0.05) is 6.92 Å². The average Bonchev–Trinajstić information content (AvgIpc) is 2.94. The molecule has 0 aromatic carbocycles. The standard InChI is InChI=1S/C14H23N3O2S/c1-3-12-10-20-14(16-12)9-15-13(18)8-11-4-6-17(19-2)7-5-11/h10-11H,3-9H2,1-2H3,(H,15,18). The lowest BCUT2D eigenvalue weighted by Gasteiger charge is -2.29. The molecule has 112 valence electrons. The lowest BCUT2D eigenvalue weighted by Crippen LogP contribution is -2.35. The zero-order valence-corrected chi connectivity index (χ0v) is 13.0. The Bertz CT molecular complexity index is 428. The first kappa shape index (κ1) is 15.4. The minimum atomic E-state index is 0.133. The molecule has 1 saturated heterocycles. The maximum Gasteiger partial charge on any atom is 0.220 e. The molecular formula is C14H23N3O2S. The fourth-order valence-corrected chi connectivity index (χ4v) is 3.21. The molecule has 1 aromatic rings. The van der Waals surface area contributed by atoms with Gasteiger partial charge in [0.15, 0.2) is 0 Å². The summed E-state index contributed by atoms with van der Waals surface area (Å²) in [6.07, 6.45) is 3.61. The van der Waals surface area contributed by atoms with Gasteiger partial charge in [0.2, 0.25) is 5.91 Å². The van der Waals surface area contributed by atoms with Crippen LogP contribution in [-0.2, 0) is 22.6 Å². The van der Waals surface area contributed by atoms with Crippen molar-refractivity contribution in [3.63, 3.8) is 0 Å². The number of thiazole rings is 1. The summed E-state index contributed by atoms with van der Waals surface area (Å²) in [5, 5.41) is 7.98. The summed E-state index contributed by atoms with van der Waals surface area (Å²) >= 11 is 1.62. The number of carbonyl (C=O) groups excluding carboxylic acids is 1. The van der Waals surface area contributed by atoms with E-state index in [0.29, 0.717) is 18.9 Å². The molecular weight excluding hydrogens is 274 g/mol. The van der Waals surface area contributed by atoms with Gasteiger partial charge in [-0.2, -0.15) is 5.06 Å². The third-order valence-corrected chi connectivity index (χ3v) is 4.60. The van der Waals surface area contributed by atoms with Crippen molar-refractivity contribution in [3.05, 3.63) is 16.1 Å². The van der Waals surface area contributed by atoms with Gasteiger partial charge in [0, 0.05) is 24.9 Å². The monoisotopic (exact) mass is 297 g/mol. The van der Waals surface area contributed by atoms with Crippen molar-refractivity contribution in [2.45, 2.75) is 39.2 Å². The zero-order valence-electron chi connectivity index (χ0n) is 12.2. The molecule has 2 rings (SSSR count). The van der Waals surface area contributed by atoms with Gasteiger partial charge in [-0.25, -0.2) is 4.98 Å². The molecule has 5 nitrogen and oxygen atoms in total. The molecule has 1 aromatic heterocycles. The van der Waals surface area contributed by atoms with E-state index in [1.54, 1.807) is 18.4 Å². The normalized spacial score (nSPS) is 17.3. The number of hydrogen-bond donors (Lipinski definition) is 1. The van der Waals surface area contributed by atoms with Crippen LogP contribution in [0.25, 0.3) is 0 Å².